The van der Waals surface area contributed by atoms with Crippen molar-refractivity contribution in [2.45, 2.75) is 13.5 Å². The number of carbonyl (C=O) groups is 1. The van der Waals surface area contributed by atoms with Crippen molar-refractivity contribution in [2.75, 3.05) is 0 Å². The Morgan fingerprint density at radius 2 is 2.31 bits per heavy atom. The van der Waals surface area contributed by atoms with Crippen LogP contribution in [-0.4, -0.2) is 5.97 Å². The maximum Gasteiger partial charge on any atom is 0.302 e. The van der Waals surface area contributed by atoms with Crippen LogP contribution in [0.3, 0.4) is 0 Å². The molecule has 0 fully saturated rings. The molecule has 0 N–H and O–H groups in total. The number of hydrogen-bond donors (Lipinski definition) is 0. The molecule has 0 unspecified atom stereocenters. The Labute approximate surface area is 98.9 Å². The summed E-state index contributed by atoms with van der Waals surface area (Å²) in [5.74, 6) is -0.259. The van der Waals surface area contributed by atoms with E-state index in [1.807, 2.05) is 18.2 Å². The fraction of sp³-hybridized carbons (Fsp3) is 0.222. The zero-order valence-electron chi connectivity index (χ0n) is 7.01. The number of benzene rings is 1. The third-order valence-electron chi connectivity index (χ3n) is 1.45. The van der Waals surface area contributed by atoms with Crippen LogP contribution in [0.1, 0.15) is 12.5 Å². The van der Waals surface area contributed by atoms with Gasteiger partial charge in [0.15, 0.2) is 0 Å². The van der Waals surface area contributed by atoms with E-state index < -0.39 is 0 Å². The minimum atomic E-state index is -0.259. The minimum absolute atomic E-state index is 0.259. The highest BCUT2D eigenvalue weighted by molar-refractivity contribution is 14.1. The normalized spacial score (nSPS) is 9.77. The Morgan fingerprint density at radius 1 is 1.62 bits per heavy atom. The molecule has 0 aliphatic heterocycles. The van der Waals surface area contributed by atoms with Crippen LogP contribution in [0.5, 0.6) is 0 Å². The first-order valence-corrected chi connectivity index (χ1v) is 5.54. The lowest BCUT2D eigenvalue weighted by atomic mass is 10.2. The first-order chi connectivity index (χ1) is 6.09. The van der Waals surface area contributed by atoms with E-state index >= 15 is 0 Å². The van der Waals surface area contributed by atoms with Crippen molar-refractivity contribution in [3.8, 4) is 0 Å². The molecule has 2 nitrogen and oxygen atoms in total. The topological polar surface area (TPSA) is 26.3 Å². The zero-order chi connectivity index (χ0) is 9.84. The van der Waals surface area contributed by atoms with Gasteiger partial charge in [-0.25, -0.2) is 0 Å². The molecule has 0 aromatic heterocycles. The van der Waals surface area contributed by atoms with Crippen LogP contribution in [0.15, 0.2) is 22.7 Å². The number of halogens is 2. The van der Waals surface area contributed by atoms with Gasteiger partial charge >= 0.3 is 5.97 Å². The Morgan fingerprint density at radius 3 is 2.85 bits per heavy atom. The van der Waals surface area contributed by atoms with Crippen molar-refractivity contribution in [1.82, 2.24) is 0 Å². The monoisotopic (exact) mass is 354 g/mol. The van der Waals surface area contributed by atoms with Gasteiger partial charge in [-0.2, -0.15) is 0 Å². The first kappa shape index (κ1) is 11.0. The van der Waals surface area contributed by atoms with Crippen molar-refractivity contribution in [3.63, 3.8) is 0 Å². The molecule has 0 amide bonds. The highest BCUT2D eigenvalue weighted by atomic mass is 127. The second kappa shape index (κ2) is 4.95. The third-order valence-corrected chi connectivity index (χ3v) is 2.86. The summed E-state index contributed by atoms with van der Waals surface area (Å²) in [6.07, 6.45) is 0. The van der Waals surface area contributed by atoms with E-state index in [1.165, 1.54) is 6.92 Å². The van der Waals surface area contributed by atoms with Crippen LogP contribution in [0.25, 0.3) is 0 Å². The van der Waals surface area contributed by atoms with Gasteiger partial charge in [0.25, 0.3) is 0 Å². The van der Waals surface area contributed by atoms with Crippen LogP contribution in [0, 0.1) is 3.57 Å². The Hall–Kier alpha value is -0.100. The second-order valence-corrected chi connectivity index (χ2v) is 4.62. The molecule has 1 aromatic rings. The molecule has 0 saturated carbocycles. The largest absolute Gasteiger partial charge is 0.461 e. The summed E-state index contributed by atoms with van der Waals surface area (Å²) in [6, 6.07) is 5.90. The lowest BCUT2D eigenvalue weighted by molar-refractivity contribution is -0.142. The van der Waals surface area contributed by atoms with Crippen LogP contribution >= 0.6 is 38.5 Å². The van der Waals surface area contributed by atoms with Crippen molar-refractivity contribution >= 4 is 44.5 Å². The highest BCUT2D eigenvalue weighted by Crippen LogP contribution is 2.20. The van der Waals surface area contributed by atoms with Crippen molar-refractivity contribution in [2.24, 2.45) is 0 Å². The van der Waals surface area contributed by atoms with Crippen LogP contribution in [-0.2, 0) is 16.1 Å². The quantitative estimate of drug-likeness (QED) is 0.602. The molecule has 0 bridgehead atoms. The predicted molar refractivity (Wildman–Crippen MR) is 62.3 cm³/mol. The summed E-state index contributed by atoms with van der Waals surface area (Å²) in [5.41, 5.74) is 0.982. The minimum Gasteiger partial charge on any atom is -0.461 e. The summed E-state index contributed by atoms with van der Waals surface area (Å²) in [4.78, 5) is 10.6. The molecular formula is C9H8BrIO2. The third kappa shape index (κ3) is 3.64. The van der Waals surface area contributed by atoms with E-state index in [0.29, 0.717) is 6.61 Å². The molecule has 4 heteroatoms. The zero-order valence-corrected chi connectivity index (χ0v) is 10.8. The maximum atomic E-state index is 10.6. The number of esters is 1. The molecule has 1 rings (SSSR count). The number of carbonyl (C=O) groups excluding carboxylic acids is 1. The first-order valence-electron chi connectivity index (χ1n) is 3.67. The molecule has 1 aromatic carbocycles. The van der Waals surface area contributed by atoms with Gasteiger partial charge in [0.05, 0.1) is 0 Å². The average Bonchev–Trinajstić information content (AvgIpc) is 2.02. The number of ether oxygens (including phenoxy) is 1. The van der Waals surface area contributed by atoms with E-state index in [1.54, 1.807) is 0 Å². The second-order valence-electron chi connectivity index (χ2n) is 2.52. The molecule has 70 valence electrons. The summed E-state index contributed by atoms with van der Waals surface area (Å²) in [5, 5.41) is 0. The summed E-state index contributed by atoms with van der Waals surface area (Å²) >= 11 is 5.63. The molecule has 0 aliphatic rings. The van der Waals surface area contributed by atoms with Gasteiger partial charge in [-0.3, -0.25) is 4.79 Å². The molecule has 0 atom stereocenters. The van der Waals surface area contributed by atoms with E-state index in [9.17, 15) is 4.79 Å². The van der Waals surface area contributed by atoms with E-state index in [-0.39, 0.29) is 5.97 Å². The van der Waals surface area contributed by atoms with Crippen molar-refractivity contribution in [3.05, 3.63) is 31.8 Å². The number of hydrogen-bond acceptors (Lipinski definition) is 2. The molecule has 0 radical (unpaired) electrons. The standard InChI is InChI=1S/C9H8BrIO2/c1-6(12)13-5-7-2-3-8(11)4-9(7)10/h2-4H,5H2,1H3. The average molecular weight is 355 g/mol. The van der Waals surface area contributed by atoms with E-state index in [4.69, 9.17) is 4.74 Å². The highest BCUT2D eigenvalue weighted by Gasteiger charge is 2.01. The Bertz CT molecular complexity index is 325. The van der Waals surface area contributed by atoms with Gasteiger partial charge in [-0.15, -0.1) is 0 Å². The molecule has 0 spiro atoms. The van der Waals surface area contributed by atoms with Crippen molar-refractivity contribution < 1.29 is 9.53 Å². The van der Waals surface area contributed by atoms with Crippen LogP contribution < -0.4 is 0 Å². The van der Waals surface area contributed by atoms with E-state index in [0.717, 1.165) is 13.6 Å². The fourth-order valence-electron chi connectivity index (χ4n) is 0.818. The van der Waals surface area contributed by atoms with Crippen molar-refractivity contribution in [1.29, 1.82) is 0 Å². The van der Waals surface area contributed by atoms with Gasteiger partial charge in [-0.1, -0.05) is 22.0 Å². The SMILES string of the molecule is CC(=O)OCc1ccc(I)cc1Br. The fourth-order valence-corrected chi connectivity index (χ4v) is 2.23. The Kier molecular flexibility index (Phi) is 4.18. The lowest BCUT2D eigenvalue weighted by Crippen LogP contribution is -1.99. The summed E-state index contributed by atoms with van der Waals surface area (Å²) in [7, 11) is 0. The Balaban J connectivity index is 2.72. The molecule has 13 heavy (non-hydrogen) atoms. The predicted octanol–water partition coefficient (Wildman–Crippen LogP) is 3.12. The van der Waals surface area contributed by atoms with Gasteiger partial charge in [0.1, 0.15) is 6.61 Å². The molecule has 0 saturated heterocycles. The lowest BCUT2D eigenvalue weighted by Gasteiger charge is -2.04. The molecular weight excluding hydrogens is 347 g/mol. The van der Waals surface area contributed by atoms with E-state index in [2.05, 4.69) is 38.5 Å². The molecule has 0 heterocycles. The smallest absolute Gasteiger partial charge is 0.302 e. The van der Waals surface area contributed by atoms with Gasteiger partial charge < -0.3 is 4.74 Å². The van der Waals surface area contributed by atoms with Gasteiger partial charge in [0.2, 0.25) is 0 Å². The summed E-state index contributed by atoms with van der Waals surface area (Å²) < 4.78 is 7.00. The van der Waals surface area contributed by atoms with Crippen LogP contribution in [0.4, 0.5) is 0 Å². The number of rotatable bonds is 2. The molecule has 0 aliphatic carbocycles. The van der Waals surface area contributed by atoms with Gasteiger partial charge in [0, 0.05) is 20.5 Å². The maximum absolute atomic E-state index is 10.6. The van der Waals surface area contributed by atoms with Crippen LogP contribution in [0.2, 0.25) is 0 Å². The van der Waals surface area contributed by atoms with Gasteiger partial charge in [-0.05, 0) is 34.7 Å². The summed E-state index contributed by atoms with van der Waals surface area (Å²) in [6.45, 7) is 1.73.